The van der Waals surface area contributed by atoms with Gasteiger partial charge in [-0.2, -0.15) is 0 Å². The summed E-state index contributed by atoms with van der Waals surface area (Å²) in [5.74, 6) is -1.29. The van der Waals surface area contributed by atoms with E-state index >= 15 is 0 Å². The zero-order valence-electron chi connectivity index (χ0n) is 10.0. The third-order valence-electron chi connectivity index (χ3n) is 2.32. The van der Waals surface area contributed by atoms with Crippen molar-refractivity contribution >= 4 is 18.0 Å². The Hall–Kier alpha value is -2.57. The average Bonchev–Trinajstić information content (AvgIpc) is 2.36. The number of aromatic carboxylic acids is 1. The Bertz CT molecular complexity index is 470. The van der Waals surface area contributed by atoms with E-state index in [4.69, 9.17) is 10.2 Å². The molecule has 0 aliphatic heterocycles. The Labute approximate surface area is 109 Å². The molecule has 102 valence electrons. The second-order valence-electron chi connectivity index (χ2n) is 3.76. The number of carbonyl (C=O) groups is 3. The molecule has 0 aliphatic carbocycles. The molecular weight excluding hydrogens is 252 g/mol. The van der Waals surface area contributed by atoms with E-state index in [9.17, 15) is 14.4 Å². The number of hydrogen-bond donors (Lipinski definition) is 4. The molecule has 7 nitrogen and oxygen atoms in total. The Morgan fingerprint density at radius 3 is 2.16 bits per heavy atom. The van der Waals surface area contributed by atoms with Gasteiger partial charge in [-0.05, 0) is 17.7 Å². The lowest BCUT2D eigenvalue weighted by Crippen LogP contribution is -2.29. The van der Waals surface area contributed by atoms with E-state index in [0.29, 0.717) is 0 Å². The van der Waals surface area contributed by atoms with Gasteiger partial charge >= 0.3 is 12.1 Å². The molecule has 0 bridgehead atoms. The Morgan fingerprint density at radius 1 is 1.00 bits per heavy atom. The fourth-order valence-electron chi connectivity index (χ4n) is 1.34. The molecule has 0 radical (unpaired) electrons. The highest BCUT2D eigenvalue weighted by Gasteiger charge is 2.04. The van der Waals surface area contributed by atoms with E-state index in [0.717, 1.165) is 5.56 Å². The predicted molar refractivity (Wildman–Crippen MR) is 65.9 cm³/mol. The molecule has 4 N–H and O–H groups in total. The van der Waals surface area contributed by atoms with Gasteiger partial charge < -0.3 is 20.8 Å². The molecule has 1 aromatic rings. The number of benzene rings is 1. The normalized spacial score (nSPS) is 9.68. The van der Waals surface area contributed by atoms with Gasteiger partial charge in [-0.3, -0.25) is 4.79 Å². The topological polar surface area (TPSA) is 116 Å². The predicted octanol–water partition coefficient (Wildman–Crippen LogP) is 0.659. The first-order valence-electron chi connectivity index (χ1n) is 5.55. The minimum Gasteiger partial charge on any atom is -0.478 e. The van der Waals surface area contributed by atoms with Crippen LogP contribution in [0.15, 0.2) is 24.3 Å². The molecule has 0 fully saturated rings. The molecule has 0 atom stereocenters. The van der Waals surface area contributed by atoms with Crippen LogP contribution in [-0.2, 0) is 11.3 Å². The summed E-state index contributed by atoms with van der Waals surface area (Å²) >= 11 is 0. The maximum Gasteiger partial charge on any atom is 0.404 e. The van der Waals surface area contributed by atoms with Gasteiger partial charge in [0.15, 0.2) is 0 Å². The van der Waals surface area contributed by atoms with Crippen molar-refractivity contribution in [1.82, 2.24) is 10.6 Å². The Kier molecular flexibility index (Phi) is 5.34. The third kappa shape index (κ3) is 5.53. The summed E-state index contributed by atoms with van der Waals surface area (Å²) in [6.45, 7) is 0.324. The van der Waals surface area contributed by atoms with Crippen molar-refractivity contribution < 1.29 is 24.6 Å². The maximum absolute atomic E-state index is 11.3. The standard InChI is InChI=1S/C12H14N2O5/c15-10(5-6-13-12(18)19)14-7-8-1-3-9(4-2-8)11(16)17/h1-4,13H,5-7H2,(H,14,15)(H,16,17)(H,18,19). The number of carboxylic acid groups (broad SMARTS) is 2. The van der Waals surface area contributed by atoms with E-state index in [1.807, 2.05) is 0 Å². The van der Waals surface area contributed by atoms with Crippen LogP contribution in [0.4, 0.5) is 4.79 Å². The van der Waals surface area contributed by atoms with Crippen molar-refractivity contribution in [1.29, 1.82) is 0 Å². The van der Waals surface area contributed by atoms with Gasteiger partial charge in [0.25, 0.3) is 0 Å². The van der Waals surface area contributed by atoms with Crippen LogP contribution < -0.4 is 10.6 Å². The molecule has 2 amide bonds. The summed E-state index contributed by atoms with van der Waals surface area (Å²) in [7, 11) is 0. The van der Waals surface area contributed by atoms with Gasteiger partial charge in [-0.15, -0.1) is 0 Å². The van der Waals surface area contributed by atoms with Gasteiger partial charge in [0, 0.05) is 19.5 Å². The van der Waals surface area contributed by atoms with Gasteiger partial charge in [0.05, 0.1) is 5.56 Å². The van der Waals surface area contributed by atoms with Crippen LogP contribution in [0.1, 0.15) is 22.3 Å². The van der Waals surface area contributed by atoms with Crippen LogP contribution in [0.25, 0.3) is 0 Å². The lowest BCUT2D eigenvalue weighted by Gasteiger charge is -2.05. The van der Waals surface area contributed by atoms with E-state index in [2.05, 4.69) is 10.6 Å². The molecular formula is C12H14N2O5. The number of carboxylic acids is 1. The van der Waals surface area contributed by atoms with Crippen molar-refractivity contribution in [3.8, 4) is 0 Å². The van der Waals surface area contributed by atoms with Gasteiger partial charge in [0.2, 0.25) is 5.91 Å². The second-order valence-corrected chi connectivity index (χ2v) is 3.76. The average molecular weight is 266 g/mol. The van der Waals surface area contributed by atoms with Crippen LogP contribution in [0.3, 0.4) is 0 Å². The SMILES string of the molecule is O=C(O)NCCC(=O)NCc1ccc(C(=O)O)cc1. The highest BCUT2D eigenvalue weighted by molar-refractivity contribution is 5.87. The monoisotopic (exact) mass is 266 g/mol. The first-order valence-corrected chi connectivity index (χ1v) is 5.55. The molecule has 0 unspecified atom stereocenters. The van der Waals surface area contributed by atoms with Crippen LogP contribution in [0.2, 0.25) is 0 Å². The molecule has 0 saturated heterocycles. The molecule has 0 aromatic heterocycles. The quantitative estimate of drug-likeness (QED) is 0.603. The lowest BCUT2D eigenvalue weighted by molar-refractivity contribution is -0.121. The third-order valence-corrected chi connectivity index (χ3v) is 2.32. The van der Waals surface area contributed by atoms with Crippen LogP contribution in [0.5, 0.6) is 0 Å². The van der Waals surface area contributed by atoms with E-state index in [1.165, 1.54) is 12.1 Å². The number of carbonyl (C=O) groups excluding carboxylic acids is 1. The van der Waals surface area contributed by atoms with Crippen molar-refractivity contribution in [2.45, 2.75) is 13.0 Å². The van der Waals surface area contributed by atoms with Gasteiger partial charge in [-0.25, -0.2) is 9.59 Å². The molecule has 1 rings (SSSR count). The molecule has 0 spiro atoms. The smallest absolute Gasteiger partial charge is 0.404 e. The molecule has 1 aromatic carbocycles. The second kappa shape index (κ2) is 7.00. The highest BCUT2D eigenvalue weighted by Crippen LogP contribution is 2.04. The number of amides is 2. The number of nitrogens with one attached hydrogen (secondary N) is 2. The van der Waals surface area contributed by atoms with Crippen LogP contribution in [-0.4, -0.2) is 34.7 Å². The van der Waals surface area contributed by atoms with Gasteiger partial charge in [0.1, 0.15) is 0 Å². The van der Waals surface area contributed by atoms with Crippen molar-refractivity contribution in [3.05, 3.63) is 35.4 Å². The molecule has 0 heterocycles. The fourth-order valence-corrected chi connectivity index (χ4v) is 1.34. The van der Waals surface area contributed by atoms with Crippen molar-refractivity contribution in [3.63, 3.8) is 0 Å². The van der Waals surface area contributed by atoms with Crippen LogP contribution in [0, 0.1) is 0 Å². The Morgan fingerprint density at radius 2 is 1.63 bits per heavy atom. The zero-order chi connectivity index (χ0) is 14.3. The maximum atomic E-state index is 11.3. The summed E-state index contributed by atoms with van der Waals surface area (Å²) < 4.78 is 0. The van der Waals surface area contributed by atoms with Gasteiger partial charge in [-0.1, -0.05) is 12.1 Å². The Balaban J connectivity index is 2.33. The molecule has 19 heavy (non-hydrogen) atoms. The first-order chi connectivity index (χ1) is 8.99. The number of hydrogen-bond acceptors (Lipinski definition) is 3. The van der Waals surface area contributed by atoms with E-state index in [1.54, 1.807) is 12.1 Å². The number of rotatable bonds is 6. The minimum atomic E-state index is -1.17. The zero-order valence-corrected chi connectivity index (χ0v) is 10.0. The van der Waals surface area contributed by atoms with Crippen LogP contribution >= 0.6 is 0 Å². The minimum absolute atomic E-state index is 0.0547. The fraction of sp³-hybridized carbons (Fsp3) is 0.250. The lowest BCUT2D eigenvalue weighted by atomic mass is 10.1. The summed E-state index contributed by atoms with van der Waals surface area (Å²) in [5, 5.41) is 21.7. The summed E-state index contributed by atoms with van der Waals surface area (Å²) in [6.07, 6.45) is -1.11. The van der Waals surface area contributed by atoms with E-state index in [-0.39, 0.29) is 31.0 Å². The summed E-state index contributed by atoms with van der Waals surface area (Å²) in [4.78, 5) is 32.1. The highest BCUT2D eigenvalue weighted by atomic mass is 16.4. The largest absolute Gasteiger partial charge is 0.478 e. The van der Waals surface area contributed by atoms with Crippen molar-refractivity contribution in [2.24, 2.45) is 0 Å². The van der Waals surface area contributed by atoms with E-state index < -0.39 is 12.1 Å². The van der Waals surface area contributed by atoms with Crippen molar-refractivity contribution in [2.75, 3.05) is 6.54 Å². The summed E-state index contributed by atoms with van der Waals surface area (Å²) in [6, 6.07) is 6.13. The first kappa shape index (κ1) is 14.5. The molecule has 0 saturated carbocycles. The molecule has 7 heteroatoms. The molecule has 0 aliphatic rings. The summed E-state index contributed by atoms with van der Waals surface area (Å²) in [5.41, 5.74) is 0.949.